The van der Waals surface area contributed by atoms with Crippen LogP contribution in [0.15, 0.2) is 30.3 Å². The van der Waals surface area contributed by atoms with Gasteiger partial charge >= 0.3 is 12.2 Å². The van der Waals surface area contributed by atoms with E-state index in [-0.39, 0.29) is 30.9 Å². The zero-order chi connectivity index (χ0) is 16.2. The monoisotopic (exact) mass is 318 g/mol. The van der Waals surface area contributed by atoms with Crippen LogP contribution in [0.3, 0.4) is 0 Å². The normalized spacial score (nSPS) is 22.1. The number of benzene rings is 1. The standard InChI is InChI=1S/C17H22N2O4/c1-13-11-22-17(21)19(13)15-7-9-18(10-8-15)16(20)23-12-14-5-3-2-4-6-14/h2-6,13,15H,7-12H2,1H3/t13-/m0/s1. The predicted octanol–water partition coefficient (Wildman–Crippen LogP) is 2.63. The van der Waals surface area contributed by atoms with Crippen LogP contribution in [0.25, 0.3) is 0 Å². The van der Waals surface area contributed by atoms with Crippen molar-refractivity contribution in [2.45, 2.75) is 38.5 Å². The molecule has 2 saturated heterocycles. The maximum atomic E-state index is 12.1. The SMILES string of the molecule is C[C@H]1COC(=O)N1C1CCN(C(=O)OCc2ccccc2)CC1. The van der Waals surface area contributed by atoms with E-state index in [4.69, 9.17) is 9.47 Å². The van der Waals surface area contributed by atoms with Crippen LogP contribution in [0.1, 0.15) is 25.3 Å². The quantitative estimate of drug-likeness (QED) is 0.859. The van der Waals surface area contributed by atoms with E-state index in [0.717, 1.165) is 18.4 Å². The van der Waals surface area contributed by atoms with Crippen molar-refractivity contribution in [1.82, 2.24) is 9.80 Å². The minimum atomic E-state index is -0.288. The van der Waals surface area contributed by atoms with Crippen LogP contribution < -0.4 is 0 Å². The second-order valence-corrected chi connectivity index (χ2v) is 6.09. The van der Waals surface area contributed by atoms with Gasteiger partial charge in [-0.15, -0.1) is 0 Å². The molecule has 6 heteroatoms. The van der Waals surface area contributed by atoms with E-state index < -0.39 is 0 Å². The maximum Gasteiger partial charge on any atom is 0.410 e. The van der Waals surface area contributed by atoms with Crippen LogP contribution in [0, 0.1) is 0 Å². The summed E-state index contributed by atoms with van der Waals surface area (Å²) in [6.07, 6.45) is 1.01. The molecule has 2 aliphatic heterocycles. The van der Waals surface area contributed by atoms with Crippen LogP contribution in [-0.4, -0.2) is 53.8 Å². The highest BCUT2D eigenvalue weighted by atomic mass is 16.6. The molecule has 1 atom stereocenters. The lowest BCUT2D eigenvalue weighted by molar-refractivity contribution is 0.0715. The molecule has 0 spiro atoms. The summed E-state index contributed by atoms with van der Waals surface area (Å²) in [6.45, 7) is 3.95. The highest BCUT2D eigenvalue weighted by Gasteiger charge is 2.37. The smallest absolute Gasteiger partial charge is 0.410 e. The third kappa shape index (κ3) is 3.57. The maximum absolute atomic E-state index is 12.1. The average molecular weight is 318 g/mol. The number of nitrogens with zero attached hydrogens (tertiary/aromatic N) is 2. The number of amides is 2. The third-order valence-corrected chi connectivity index (χ3v) is 4.45. The van der Waals surface area contributed by atoms with E-state index in [0.29, 0.717) is 19.7 Å². The molecule has 2 heterocycles. The van der Waals surface area contributed by atoms with Gasteiger partial charge in [-0.05, 0) is 25.3 Å². The van der Waals surface area contributed by atoms with Gasteiger partial charge in [0.25, 0.3) is 0 Å². The molecule has 2 fully saturated rings. The van der Waals surface area contributed by atoms with Crippen LogP contribution in [0.2, 0.25) is 0 Å². The van der Waals surface area contributed by atoms with E-state index in [1.54, 1.807) is 4.90 Å². The van der Waals surface area contributed by atoms with E-state index in [1.807, 2.05) is 42.2 Å². The number of rotatable bonds is 3. The Bertz CT molecular complexity index is 555. The Balaban J connectivity index is 1.47. The van der Waals surface area contributed by atoms with Crippen molar-refractivity contribution in [2.75, 3.05) is 19.7 Å². The Hall–Kier alpha value is -2.24. The van der Waals surface area contributed by atoms with Crippen LogP contribution in [0.5, 0.6) is 0 Å². The second-order valence-electron chi connectivity index (χ2n) is 6.09. The molecule has 3 rings (SSSR count). The van der Waals surface area contributed by atoms with Gasteiger partial charge in [0.05, 0.1) is 6.04 Å². The van der Waals surface area contributed by atoms with Crippen molar-refractivity contribution < 1.29 is 19.1 Å². The summed E-state index contributed by atoms with van der Waals surface area (Å²) in [4.78, 5) is 27.4. The lowest BCUT2D eigenvalue weighted by atomic mass is 10.0. The summed E-state index contributed by atoms with van der Waals surface area (Å²) in [6, 6.07) is 9.90. The number of likely N-dealkylation sites (tertiary alicyclic amines) is 1. The molecule has 0 saturated carbocycles. The van der Waals surface area contributed by atoms with Gasteiger partial charge in [-0.25, -0.2) is 9.59 Å². The molecule has 1 aromatic rings. The molecule has 0 N–H and O–H groups in total. The van der Waals surface area contributed by atoms with Crippen LogP contribution in [0.4, 0.5) is 9.59 Å². The van der Waals surface area contributed by atoms with E-state index >= 15 is 0 Å². The molecule has 0 unspecified atom stereocenters. The Morgan fingerprint density at radius 1 is 1.26 bits per heavy atom. The lowest BCUT2D eigenvalue weighted by Gasteiger charge is -2.36. The van der Waals surface area contributed by atoms with Crippen LogP contribution >= 0.6 is 0 Å². The number of hydrogen-bond acceptors (Lipinski definition) is 4. The van der Waals surface area contributed by atoms with Crippen molar-refractivity contribution in [3.63, 3.8) is 0 Å². The fraction of sp³-hybridized carbons (Fsp3) is 0.529. The molecule has 2 amide bonds. The molecule has 6 nitrogen and oxygen atoms in total. The topological polar surface area (TPSA) is 59.1 Å². The molecule has 0 bridgehead atoms. The zero-order valence-electron chi connectivity index (χ0n) is 13.3. The summed E-state index contributed by atoms with van der Waals surface area (Å²) >= 11 is 0. The van der Waals surface area contributed by atoms with Gasteiger partial charge in [-0.2, -0.15) is 0 Å². The minimum absolute atomic E-state index is 0.115. The Morgan fingerprint density at radius 3 is 2.57 bits per heavy atom. The summed E-state index contributed by atoms with van der Waals surface area (Å²) < 4.78 is 10.4. The number of cyclic esters (lactones) is 1. The molecular formula is C17H22N2O4. The Kier molecular flexibility index (Phi) is 4.69. The Labute approximate surface area is 136 Å². The molecule has 23 heavy (non-hydrogen) atoms. The summed E-state index contributed by atoms with van der Waals surface area (Å²) in [5, 5.41) is 0. The van der Waals surface area contributed by atoms with E-state index in [2.05, 4.69) is 0 Å². The Morgan fingerprint density at radius 2 is 1.96 bits per heavy atom. The van der Waals surface area contributed by atoms with Gasteiger partial charge in [0.1, 0.15) is 13.2 Å². The number of piperidine rings is 1. The molecular weight excluding hydrogens is 296 g/mol. The minimum Gasteiger partial charge on any atom is -0.447 e. The highest BCUT2D eigenvalue weighted by molar-refractivity contribution is 5.71. The van der Waals surface area contributed by atoms with Crippen LogP contribution in [-0.2, 0) is 16.1 Å². The average Bonchev–Trinajstić information content (AvgIpc) is 2.92. The second kappa shape index (κ2) is 6.89. The first-order chi connectivity index (χ1) is 11.1. The van der Waals surface area contributed by atoms with Crippen molar-refractivity contribution in [2.24, 2.45) is 0 Å². The fourth-order valence-corrected chi connectivity index (χ4v) is 3.17. The lowest BCUT2D eigenvalue weighted by Crippen LogP contribution is -2.49. The first-order valence-electron chi connectivity index (χ1n) is 8.06. The number of carbonyl (C=O) groups excluding carboxylic acids is 2. The largest absolute Gasteiger partial charge is 0.447 e. The summed E-state index contributed by atoms with van der Waals surface area (Å²) in [5.74, 6) is 0. The molecule has 1 aromatic carbocycles. The van der Waals surface area contributed by atoms with Gasteiger partial charge < -0.3 is 14.4 Å². The predicted molar refractivity (Wildman–Crippen MR) is 83.9 cm³/mol. The highest BCUT2D eigenvalue weighted by Crippen LogP contribution is 2.24. The number of ether oxygens (including phenoxy) is 2. The number of hydrogen-bond donors (Lipinski definition) is 0. The molecule has 0 aromatic heterocycles. The molecule has 2 aliphatic rings. The fourth-order valence-electron chi connectivity index (χ4n) is 3.17. The van der Waals surface area contributed by atoms with Gasteiger partial charge in [-0.1, -0.05) is 30.3 Å². The number of carbonyl (C=O) groups is 2. The third-order valence-electron chi connectivity index (χ3n) is 4.45. The molecule has 0 radical (unpaired) electrons. The molecule has 124 valence electrons. The van der Waals surface area contributed by atoms with E-state index in [9.17, 15) is 9.59 Å². The zero-order valence-corrected chi connectivity index (χ0v) is 13.3. The van der Waals surface area contributed by atoms with Crippen molar-refractivity contribution in [1.29, 1.82) is 0 Å². The van der Waals surface area contributed by atoms with Crippen molar-refractivity contribution >= 4 is 12.2 Å². The van der Waals surface area contributed by atoms with E-state index in [1.165, 1.54) is 0 Å². The first kappa shape index (κ1) is 15.6. The van der Waals surface area contributed by atoms with Gasteiger partial charge in [0.2, 0.25) is 0 Å². The summed E-state index contributed by atoms with van der Waals surface area (Å²) in [7, 11) is 0. The summed E-state index contributed by atoms with van der Waals surface area (Å²) in [5.41, 5.74) is 0.976. The van der Waals surface area contributed by atoms with Gasteiger partial charge in [-0.3, -0.25) is 4.90 Å². The van der Waals surface area contributed by atoms with Crippen molar-refractivity contribution in [3.8, 4) is 0 Å². The van der Waals surface area contributed by atoms with Crippen molar-refractivity contribution in [3.05, 3.63) is 35.9 Å². The molecule has 0 aliphatic carbocycles. The van der Waals surface area contributed by atoms with Gasteiger partial charge in [0, 0.05) is 19.1 Å². The van der Waals surface area contributed by atoms with Gasteiger partial charge in [0.15, 0.2) is 0 Å². The first-order valence-corrected chi connectivity index (χ1v) is 8.06.